The number of aliphatic hydroxyl groups is 3. The van der Waals surface area contributed by atoms with Crippen LogP contribution in [-0.2, 0) is 9.53 Å². The normalized spacial score (nSPS) is 16.6. The van der Waals surface area contributed by atoms with Gasteiger partial charge in [0.05, 0.1) is 12.2 Å². The number of esters is 1. The lowest BCUT2D eigenvalue weighted by molar-refractivity contribution is -0.159. The van der Waals surface area contributed by atoms with Gasteiger partial charge in [-0.1, -0.05) is 6.58 Å². The minimum atomic E-state index is -1.08. The number of carbonyl (C=O) groups is 1. The molecule has 3 atom stereocenters. The maximum Gasteiger partial charge on any atom is 0.333 e. The molecule has 0 fully saturated rings. The highest BCUT2D eigenvalue weighted by atomic mass is 16.6. The Morgan fingerprint density at radius 3 is 2.33 bits per heavy atom. The fraction of sp³-hybridized carbons (Fsp3) is 0.700. The first kappa shape index (κ1) is 14.1. The van der Waals surface area contributed by atoms with Gasteiger partial charge in [0, 0.05) is 18.6 Å². The van der Waals surface area contributed by atoms with Crippen molar-refractivity contribution in [2.45, 2.75) is 38.6 Å². The standard InChI is InChI=1S/C10H18O5/c1-6(2)10(14)15-9(7(3)12)8(13)4-5-11/h7-9,11-13H,1,4-5H2,2-3H3. The summed E-state index contributed by atoms with van der Waals surface area (Å²) >= 11 is 0. The molecule has 0 aromatic rings. The van der Waals surface area contributed by atoms with E-state index in [4.69, 9.17) is 9.84 Å². The van der Waals surface area contributed by atoms with Crippen molar-refractivity contribution in [3.63, 3.8) is 0 Å². The number of hydrogen-bond acceptors (Lipinski definition) is 5. The molecule has 0 bridgehead atoms. The van der Waals surface area contributed by atoms with Gasteiger partial charge in [-0.25, -0.2) is 4.79 Å². The lowest BCUT2D eigenvalue weighted by atomic mass is 10.1. The molecule has 5 nitrogen and oxygen atoms in total. The molecule has 88 valence electrons. The zero-order valence-corrected chi connectivity index (χ0v) is 9.01. The fourth-order valence-electron chi connectivity index (χ4n) is 1.02. The SMILES string of the molecule is C=C(C)C(=O)OC(C(C)O)C(O)CCO. The van der Waals surface area contributed by atoms with Gasteiger partial charge in [0.25, 0.3) is 0 Å². The van der Waals surface area contributed by atoms with Gasteiger partial charge in [0.2, 0.25) is 0 Å². The largest absolute Gasteiger partial charge is 0.454 e. The molecule has 0 aliphatic heterocycles. The third-order valence-electron chi connectivity index (χ3n) is 1.87. The van der Waals surface area contributed by atoms with Crippen LogP contribution >= 0.6 is 0 Å². The molecule has 0 aliphatic carbocycles. The maximum absolute atomic E-state index is 11.2. The third kappa shape index (κ3) is 4.92. The summed E-state index contributed by atoms with van der Waals surface area (Å²) < 4.78 is 4.84. The van der Waals surface area contributed by atoms with Crippen molar-refractivity contribution >= 4 is 5.97 Å². The minimum Gasteiger partial charge on any atom is -0.454 e. The summed E-state index contributed by atoms with van der Waals surface area (Å²) in [5.74, 6) is -0.669. The molecule has 0 aliphatic rings. The highest BCUT2D eigenvalue weighted by Crippen LogP contribution is 2.10. The summed E-state index contributed by atoms with van der Waals surface area (Å²) in [6.45, 7) is 6.02. The highest BCUT2D eigenvalue weighted by molar-refractivity contribution is 5.87. The fourth-order valence-corrected chi connectivity index (χ4v) is 1.02. The quantitative estimate of drug-likeness (QED) is 0.417. The number of aliphatic hydroxyl groups excluding tert-OH is 3. The van der Waals surface area contributed by atoms with E-state index < -0.39 is 24.3 Å². The summed E-state index contributed by atoms with van der Waals surface area (Å²) in [6, 6.07) is 0. The van der Waals surface area contributed by atoms with Gasteiger partial charge in [-0.05, 0) is 13.8 Å². The van der Waals surface area contributed by atoms with E-state index in [1.54, 1.807) is 0 Å². The van der Waals surface area contributed by atoms with Crippen LogP contribution in [0, 0.1) is 0 Å². The van der Waals surface area contributed by atoms with Gasteiger partial charge in [0.15, 0.2) is 6.10 Å². The molecule has 3 unspecified atom stereocenters. The van der Waals surface area contributed by atoms with Crippen LogP contribution in [0.25, 0.3) is 0 Å². The van der Waals surface area contributed by atoms with E-state index in [0.717, 1.165) is 0 Å². The van der Waals surface area contributed by atoms with Gasteiger partial charge in [-0.2, -0.15) is 0 Å². The molecule has 0 radical (unpaired) electrons. The zero-order chi connectivity index (χ0) is 12.0. The molecule has 0 aromatic heterocycles. The Morgan fingerprint density at radius 1 is 1.47 bits per heavy atom. The van der Waals surface area contributed by atoms with Crippen molar-refractivity contribution in [2.75, 3.05) is 6.61 Å². The van der Waals surface area contributed by atoms with Gasteiger partial charge in [-0.15, -0.1) is 0 Å². The number of ether oxygens (including phenoxy) is 1. The Kier molecular flexibility index (Phi) is 6.15. The summed E-state index contributed by atoms with van der Waals surface area (Å²) in [4.78, 5) is 11.2. The lowest BCUT2D eigenvalue weighted by Crippen LogP contribution is -2.40. The lowest BCUT2D eigenvalue weighted by Gasteiger charge is -2.25. The van der Waals surface area contributed by atoms with Gasteiger partial charge in [-0.3, -0.25) is 0 Å². The van der Waals surface area contributed by atoms with Crippen LogP contribution < -0.4 is 0 Å². The zero-order valence-electron chi connectivity index (χ0n) is 9.01. The molecule has 0 saturated heterocycles. The van der Waals surface area contributed by atoms with Gasteiger partial charge >= 0.3 is 5.97 Å². The maximum atomic E-state index is 11.2. The second-order valence-corrected chi connectivity index (χ2v) is 3.47. The molecular formula is C10H18O5. The molecular weight excluding hydrogens is 200 g/mol. The van der Waals surface area contributed by atoms with Crippen LogP contribution in [-0.4, -0.2) is 46.2 Å². The average Bonchev–Trinajstić information content (AvgIpc) is 2.13. The van der Waals surface area contributed by atoms with Crippen molar-refractivity contribution < 1.29 is 24.9 Å². The predicted octanol–water partition coefficient (Wildman–Crippen LogP) is -0.402. The van der Waals surface area contributed by atoms with E-state index in [-0.39, 0.29) is 18.6 Å². The molecule has 5 heteroatoms. The van der Waals surface area contributed by atoms with E-state index in [1.807, 2.05) is 0 Å². The second-order valence-electron chi connectivity index (χ2n) is 3.47. The Labute approximate surface area is 89.0 Å². The molecule has 0 rings (SSSR count). The average molecular weight is 218 g/mol. The first-order chi connectivity index (χ1) is 6.90. The summed E-state index contributed by atoms with van der Waals surface area (Å²) in [6.07, 6.45) is -3.09. The first-order valence-corrected chi connectivity index (χ1v) is 4.73. The van der Waals surface area contributed by atoms with Crippen molar-refractivity contribution in [1.29, 1.82) is 0 Å². The predicted molar refractivity (Wildman–Crippen MR) is 54.1 cm³/mol. The van der Waals surface area contributed by atoms with Crippen molar-refractivity contribution in [1.82, 2.24) is 0 Å². The summed E-state index contributed by atoms with van der Waals surface area (Å²) in [5, 5.41) is 27.4. The van der Waals surface area contributed by atoms with Crippen LogP contribution in [0.2, 0.25) is 0 Å². The number of carbonyl (C=O) groups excluding carboxylic acids is 1. The topological polar surface area (TPSA) is 87.0 Å². The molecule has 0 saturated carbocycles. The smallest absolute Gasteiger partial charge is 0.333 e. The molecule has 0 heterocycles. The Morgan fingerprint density at radius 2 is 2.00 bits per heavy atom. The Balaban J connectivity index is 4.40. The van der Waals surface area contributed by atoms with Crippen LogP contribution in [0.15, 0.2) is 12.2 Å². The second kappa shape index (κ2) is 6.55. The Bertz CT molecular complexity index is 224. The monoisotopic (exact) mass is 218 g/mol. The number of hydrogen-bond donors (Lipinski definition) is 3. The van der Waals surface area contributed by atoms with E-state index in [9.17, 15) is 15.0 Å². The molecule has 0 amide bonds. The van der Waals surface area contributed by atoms with Gasteiger partial charge in [0.1, 0.15) is 0 Å². The highest BCUT2D eigenvalue weighted by Gasteiger charge is 2.27. The third-order valence-corrected chi connectivity index (χ3v) is 1.87. The van der Waals surface area contributed by atoms with Crippen molar-refractivity contribution in [3.05, 3.63) is 12.2 Å². The van der Waals surface area contributed by atoms with Gasteiger partial charge < -0.3 is 20.1 Å². The van der Waals surface area contributed by atoms with E-state index in [2.05, 4.69) is 6.58 Å². The minimum absolute atomic E-state index is 0.0407. The van der Waals surface area contributed by atoms with E-state index in [0.29, 0.717) is 0 Å². The van der Waals surface area contributed by atoms with Crippen LogP contribution in [0.3, 0.4) is 0 Å². The summed E-state index contributed by atoms with van der Waals surface area (Å²) in [5.41, 5.74) is 0.192. The number of rotatable bonds is 6. The van der Waals surface area contributed by atoms with Crippen LogP contribution in [0.4, 0.5) is 0 Å². The van der Waals surface area contributed by atoms with Crippen molar-refractivity contribution in [3.8, 4) is 0 Å². The Hall–Kier alpha value is -0.910. The summed E-state index contributed by atoms with van der Waals surface area (Å²) in [7, 11) is 0. The van der Waals surface area contributed by atoms with E-state index >= 15 is 0 Å². The first-order valence-electron chi connectivity index (χ1n) is 4.73. The van der Waals surface area contributed by atoms with Crippen LogP contribution in [0.5, 0.6) is 0 Å². The molecule has 15 heavy (non-hydrogen) atoms. The molecule has 0 aromatic carbocycles. The van der Waals surface area contributed by atoms with Crippen LogP contribution in [0.1, 0.15) is 20.3 Å². The van der Waals surface area contributed by atoms with Crippen molar-refractivity contribution in [2.24, 2.45) is 0 Å². The molecule has 0 spiro atoms. The molecule has 3 N–H and O–H groups in total. The van der Waals surface area contributed by atoms with E-state index in [1.165, 1.54) is 13.8 Å².